The summed E-state index contributed by atoms with van der Waals surface area (Å²) in [6.07, 6.45) is 5.61. The number of amides is 1. The number of likely N-dealkylation sites (tertiary alicyclic amines) is 1. The molecule has 1 aromatic heterocycles. The van der Waals surface area contributed by atoms with E-state index in [0.717, 1.165) is 54.2 Å². The highest BCUT2D eigenvalue weighted by molar-refractivity contribution is 7.92. The first-order valence-corrected chi connectivity index (χ1v) is 13.4. The minimum absolute atomic E-state index is 0.0688. The summed E-state index contributed by atoms with van der Waals surface area (Å²) in [7, 11) is -2.48. The number of aryl methyl sites for hydroxylation is 2. The number of fused-ring (bicyclic) bond motifs is 2. The fourth-order valence-corrected chi connectivity index (χ4v) is 6.20. The lowest BCUT2D eigenvalue weighted by Gasteiger charge is -2.20. The third-order valence-corrected chi connectivity index (χ3v) is 8.39. The standard InChI is InChI=1S/C25H28N4O5S/c1-27-22-12-11-18(35(33,34)26-21-10-6-8-17-7-2-3-9-19(17)21)15-20(22)24(31)29(25(27)32)16-23(30)28-13-4-5-14-28/h6,8,10-12,15,26H,2-5,7,9,13-14,16H2,1H3. The summed E-state index contributed by atoms with van der Waals surface area (Å²) in [5.41, 5.74) is 1.73. The number of hydrogen-bond donors (Lipinski definition) is 1. The molecule has 0 spiro atoms. The van der Waals surface area contributed by atoms with Gasteiger partial charge in [0.05, 0.1) is 21.5 Å². The molecule has 0 atom stereocenters. The molecule has 3 aromatic rings. The number of carbonyl (C=O) groups excluding carboxylic acids is 1. The van der Waals surface area contributed by atoms with Crippen LogP contribution in [0, 0.1) is 0 Å². The molecule has 35 heavy (non-hydrogen) atoms. The van der Waals surface area contributed by atoms with E-state index in [1.165, 1.54) is 29.8 Å². The lowest BCUT2D eigenvalue weighted by atomic mass is 9.91. The fraction of sp³-hybridized carbons (Fsp3) is 0.400. The largest absolute Gasteiger partial charge is 0.341 e. The molecule has 0 saturated carbocycles. The smallest absolute Gasteiger partial charge is 0.331 e. The van der Waals surface area contributed by atoms with E-state index in [4.69, 9.17) is 0 Å². The molecule has 0 unspecified atom stereocenters. The maximum absolute atomic E-state index is 13.3. The molecule has 1 fully saturated rings. The van der Waals surface area contributed by atoms with E-state index in [2.05, 4.69) is 4.72 Å². The van der Waals surface area contributed by atoms with Crippen molar-refractivity contribution in [2.45, 2.75) is 50.0 Å². The van der Waals surface area contributed by atoms with Gasteiger partial charge in [-0.1, -0.05) is 12.1 Å². The van der Waals surface area contributed by atoms with Crippen molar-refractivity contribution in [2.24, 2.45) is 7.05 Å². The van der Waals surface area contributed by atoms with Gasteiger partial charge in [0, 0.05) is 20.1 Å². The highest BCUT2D eigenvalue weighted by Gasteiger charge is 2.23. The fourth-order valence-electron chi connectivity index (χ4n) is 5.08. The third kappa shape index (κ3) is 4.27. The molecule has 5 rings (SSSR count). The monoisotopic (exact) mass is 496 g/mol. The molecular formula is C25H28N4O5S. The summed E-state index contributed by atoms with van der Waals surface area (Å²) < 4.78 is 31.4. The minimum Gasteiger partial charge on any atom is -0.341 e. The van der Waals surface area contributed by atoms with Gasteiger partial charge in [-0.2, -0.15) is 0 Å². The van der Waals surface area contributed by atoms with Gasteiger partial charge in [-0.05, 0) is 73.9 Å². The van der Waals surface area contributed by atoms with Gasteiger partial charge in [-0.25, -0.2) is 13.2 Å². The maximum atomic E-state index is 13.3. The van der Waals surface area contributed by atoms with Crippen LogP contribution in [-0.4, -0.2) is 41.4 Å². The minimum atomic E-state index is -3.99. The second kappa shape index (κ2) is 8.99. The summed E-state index contributed by atoms with van der Waals surface area (Å²) in [5, 5.41) is 0.0688. The van der Waals surface area contributed by atoms with E-state index in [1.807, 2.05) is 12.1 Å². The molecule has 1 amide bonds. The molecule has 0 bridgehead atoms. The number of nitrogens with zero attached hydrogens (tertiary/aromatic N) is 3. The van der Waals surface area contributed by atoms with E-state index in [0.29, 0.717) is 24.3 Å². The Labute approximate surface area is 203 Å². The van der Waals surface area contributed by atoms with Crippen LogP contribution < -0.4 is 16.0 Å². The molecule has 2 heterocycles. The number of hydrogen-bond acceptors (Lipinski definition) is 5. The van der Waals surface area contributed by atoms with Gasteiger partial charge in [0.2, 0.25) is 5.91 Å². The molecule has 10 heteroatoms. The molecule has 1 aliphatic heterocycles. The average Bonchev–Trinajstić information content (AvgIpc) is 3.40. The van der Waals surface area contributed by atoms with Gasteiger partial charge >= 0.3 is 5.69 Å². The van der Waals surface area contributed by atoms with E-state index >= 15 is 0 Å². The lowest BCUT2D eigenvalue weighted by Crippen LogP contribution is -2.43. The average molecular weight is 497 g/mol. The van der Waals surface area contributed by atoms with Crippen LogP contribution in [0.3, 0.4) is 0 Å². The van der Waals surface area contributed by atoms with Crippen molar-refractivity contribution in [1.29, 1.82) is 0 Å². The molecule has 2 aromatic carbocycles. The Balaban J connectivity index is 1.54. The van der Waals surface area contributed by atoms with Crippen LogP contribution in [0.25, 0.3) is 10.9 Å². The van der Waals surface area contributed by atoms with Crippen LogP contribution in [0.15, 0.2) is 50.9 Å². The topological polar surface area (TPSA) is 110 Å². The van der Waals surface area contributed by atoms with Gasteiger partial charge in [0.1, 0.15) is 6.54 Å². The predicted molar refractivity (Wildman–Crippen MR) is 133 cm³/mol. The molecule has 184 valence electrons. The van der Waals surface area contributed by atoms with Gasteiger partial charge in [0.25, 0.3) is 15.6 Å². The van der Waals surface area contributed by atoms with E-state index in [1.54, 1.807) is 11.0 Å². The number of rotatable bonds is 5. The maximum Gasteiger partial charge on any atom is 0.331 e. The Bertz CT molecular complexity index is 1550. The Morgan fingerprint density at radius 2 is 1.74 bits per heavy atom. The van der Waals surface area contributed by atoms with Crippen molar-refractivity contribution in [2.75, 3.05) is 17.8 Å². The third-order valence-electron chi connectivity index (χ3n) is 7.03. The van der Waals surface area contributed by atoms with Crippen molar-refractivity contribution < 1.29 is 13.2 Å². The molecule has 2 aliphatic rings. The Morgan fingerprint density at radius 1 is 1.00 bits per heavy atom. The Kier molecular flexibility index (Phi) is 6.00. The Morgan fingerprint density at radius 3 is 2.51 bits per heavy atom. The summed E-state index contributed by atoms with van der Waals surface area (Å²) in [4.78, 5) is 40.3. The van der Waals surface area contributed by atoms with Crippen molar-refractivity contribution in [3.05, 3.63) is 68.4 Å². The second-order valence-corrected chi connectivity index (χ2v) is 10.9. The summed E-state index contributed by atoms with van der Waals surface area (Å²) >= 11 is 0. The predicted octanol–water partition coefficient (Wildman–Crippen LogP) is 2.00. The number of nitrogens with one attached hydrogen (secondary N) is 1. The van der Waals surface area contributed by atoms with Crippen molar-refractivity contribution >= 4 is 32.5 Å². The van der Waals surface area contributed by atoms with Crippen LogP contribution in [0.2, 0.25) is 0 Å². The quantitative estimate of drug-likeness (QED) is 0.581. The van der Waals surface area contributed by atoms with Crippen LogP contribution in [-0.2, 0) is 41.3 Å². The van der Waals surface area contributed by atoms with Crippen LogP contribution >= 0.6 is 0 Å². The second-order valence-electron chi connectivity index (χ2n) is 9.26. The van der Waals surface area contributed by atoms with Crippen LogP contribution in [0.1, 0.15) is 36.8 Å². The number of benzene rings is 2. The van der Waals surface area contributed by atoms with Crippen molar-refractivity contribution in [3.63, 3.8) is 0 Å². The summed E-state index contributed by atoms with van der Waals surface area (Å²) in [6, 6.07) is 9.75. The first kappa shape index (κ1) is 23.3. The summed E-state index contributed by atoms with van der Waals surface area (Å²) in [5.74, 6) is -0.291. The van der Waals surface area contributed by atoms with Crippen LogP contribution in [0.4, 0.5) is 5.69 Å². The zero-order valence-corrected chi connectivity index (χ0v) is 20.4. The van der Waals surface area contributed by atoms with E-state index in [9.17, 15) is 22.8 Å². The van der Waals surface area contributed by atoms with E-state index in [-0.39, 0.29) is 22.7 Å². The molecule has 0 radical (unpaired) electrons. The van der Waals surface area contributed by atoms with Crippen molar-refractivity contribution in [3.8, 4) is 0 Å². The zero-order chi connectivity index (χ0) is 24.7. The lowest BCUT2D eigenvalue weighted by molar-refractivity contribution is -0.130. The van der Waals surface area contributed by atoms with Gasteiger partial charge < -0.3 is 4.90 Å². The number of carbonyl (C=O) groups is 1. The zero-order valence-electron chi connectivity index (χ0n) is 19.6. The van der Waals surface area contributed by atoms with Gasteiger partial charge in [-0.15, -0.1) is 0 Å². The molecule has 1 N–H and O–H groups in total. The van der Waals surface area contributed by atoms with Gasteiger partial charge in [-0.3, -0.25) is 23.4 Å². The number of anilines is 1. The molecular weight excluding hydrogens is 468 g/mol. The number of sulfonamides is 1. The highest BCUT2D eigenvalue weighted by atomic mass is 32.2. The Hall–Kier alpha value is -3.40. The molecule has 1 saturated heterocycles. The SMILES string of the molecule is Cn1c(=O)n(CC(=O)N2CCCC2)c(=O)c2cc(S(=O)(=O)Nc3cccc4c3CCCC4)ccc21. The molecule has 9 nitrogen and oxygen atoms in total. The van der Waals surface area contributed by atoms with Crippen molar-refractivity contribution in [1.82, 2.24) is 14.0 Å². The first-order valence-electron chi connectivity index (χ1n) is 11.9. The molecule has 1 aliphatic carbocycles. The highest BCUT2D eigenvalue weighted by Crippen LogP contribution is 2.29. The van der Waals surface area contributed by atoms with Gasteiger partial charge in [0.15, 0.2) is 0 Å². The summed E-state index contributed by atoms with van der Waals surface area (Å²) in [6.45, 7) is 0.851. The number of aromatic nitrogens is 2. The van der Waals surface area contributed by atoms with E-state index < -0.39 is 21.3 Å². The van der Waals surface area contributed by atoms with Crippen LogP contribution in [0.5, 0.6) is 0 Å². The normalized spacial score (nSPS) is 15.9. The first-order chi connectivity index (χ1) is 16.8.